The Labute approximate surface area is 174 Å². The van der Waals surface area contributed by atoms with Crippen molar-refractivity contribution in [3.63, 3.8) is 0 Å². The molecular weight excluding hydrogens is 419 g/mol. The molecule has 0 spiro atoms. The van der Waals surface area contributed by atoms with Gasteiger partial charge in [-0.3, -0.25) is 0 Å². The molecule has 28 heavy (non-hydrogen) atoms. The van der Waals surface area contributed by atoms with Crippen LogP contribution >= 0.6 is 0 Å². The number of methoxy groups -OCH3 is 1. The maximum absolute atomic E-state index is 11.1. The summed E-state index contributed by atoms with van der Waals surface area (Å²) in [4.78, 5) is 11.1. The quantitative estimate of drug-likeness (QED) is 0.541. The molecule has 0 bridgehead atoms. The van der Waals surface area contributed by atoms with Gasteiger partial charge in [-0.05, 0) is 0 Å². The van der Waals surface area contributed by atoms with E-state index in [4.69, 9.17) is 14.6 Å². The second kappa shape index (κ2) is 8.69. The van der Waals surface area contributed by atoms with Gasteiger partial charge in [-0.2, -0.15) is 0 Å². The zero-order chi connectivity index (χ0) is 21.1. The van der Waals surface area contributed by atoms with Crippen molar-refractivity contribution in [2.75, 3.05) is 13.9 Å². The Bertz CT molecular complexity index is 827. The first-order valence-electron chi connectivity index (χ1n) is 9.25. The molecule has 0 unspecified atom stereocenters. The van der Waals surface area contributed by atoms with E-state index >= 15 is 0 Å². The van der Waals surface area contributed by atoms with Crippen molar-refractivity contribution < 1.29 is 19.4 Å². The molecule has 0 aliphatic carbocycles. The molecule has 1 N–H and O–H groups in total. The van der Waals surface area contributed by atoms with Crippen LogP contribution in [0.3, 0.4) is 0 Å². The van der Waals surface area contributed by atoms with Crippen LogP contribution in [0.25, 0.3) is 0 Å². The van der Waals surface area contributed by atoms with Crippen molar-refractivity contribution in [3.8, 4) is 5.75 Å². The summed E-state index contributed by atoms with van der Waals surface area (Å²) in [5.74, 6) is -0.0300. The van der Waals surface area contributed by atoms with Crippen LogP contribution in [0.1, 0.15) is 63.0 Å². The number of carbonyl (C=O) groups is 1. The molecule has 4 nitrogen and oxygen atoms in total. The van der Waals surface area contributed by atoms with Crippen LogP contribution < -0.4 is 13.7 Å². The van der Waals surface area contributed by atoms with E-state index in [1.54, 1.807) is 19.2 Å². The minimum atomic E-state index is -0.909. The Kier molecular flexibility index (Phi) is 6.97. The maximum atomic E-state index is 11.1. The number of ether oxygens (including phenoxy) is 2. The zero-order valence-electron chi connectivity index (χ0n) is 17.8. The third-order valence-corrected chi connectivity index (χ3v) is 6.54. The van der Waals surface area contributed by atoms with Crippen LogP contribution in [0.2, 0.25) is 0 Å². The molecule has 2 aromatic rings. The molecule has 0 aromatic heterocycles. The third-order valence-electron chi connectivity index (χ3n) is 4.38. The van der Waals surface area contributed by atoms with Crippen LogP contribution in [-0.4, -0.2) is 39.9 Å². The van der Waals surface area contributed by atoms with E-state index in [-0.39, 0.29) is 32.6 Å². The average Bonchev–Trinajstić information content (AvgIpc) is 2.58. The third kappa shape index (κ3) is 5.60. The molecule has 0 aliphatic rings. The van der Waals surface area contributed by atoms with E-state index in [1.807, 2.05) is 12.1 Å². The Balaban J connectivity index is 2.59. The first kappa shape index (κ1) is 22.5. The topological polar surface area (TPSA) is 55.8 Å². The monoisotopic (exact) mass is 450 g/mol. The minimum absolute atomic E-state index is 0.0117. The number of rotatable bonds is 6. The molecule has 0 atom stereocenters. The summed E-state index contributed by atoms with van der Waals surface area (Å²) in [6, 6.07) is 11.6. The molecule has 152 valence electrons. The summed E-state index contributed by atoms with van der Waals surface area (Å²) in [6.07, 6.45) is 0. The SMILES string of the molecule is COCOc1c([Se]c2ccc(C(=O)O)cc2)cc(C(C)(C)C)cc1C(C)(C)C. The Morgan fingerprint density at radius 1 is 1.00 bits per heavy atom. The normalized spacial score (nSPS) is 12.1. The fourth-order valence-corrected chi connectivity index (χ4v) is 4.77. The molecule has 0 heterocycles. The van der Waals surface area contributed by atoms with Crippen molar-refractivity contribution in [2.24, 2.45) is 0 Å². The molecule has 0 aliphatic heterocycles. The number of benzene rings is 2. The average molecular weight is 449 g/mol. The predicted molar refractivity (Wildman–Crippen MR) is 115 cm³/mol. The van der Waals surface area contributed by atoms with Gasteiger partial charge in [-0.15, -0.1) is 0 Å². The Morgan fingerprint density at radius 3 is 2.07 bits per heavy atom. The molecule has 0 radical (unpaired) electrons. The Morgan fingerprint density at radius 2 is 1.61 bits per heavy atom. The summed E-state index contributed by atoms with van der Waals surface area (Å²) in [5, 5.41) is 9.13. The van der Waals surface area contributed by atoms with Gasteiger partial charge in [-0.1, -0.05) is 0 Å². The van der Waals surface area contributed by atoms with Crippen LogP contribution in [-0.2, 0) is 15.6 Å². The second-order valence-corrected chi connectivity index (χ2v) is 11.2. The van der Waals surface area contributed by atoms with E-state index < -0.39 is 5.97 Å². The number of hydrogen-bond acceptors (Lipinski definition) is 3. The number of carboxylic acids is 1. The summed E-state index contributed by atoms with van der Waals surface area (Å²) < 4.78 is 13.5. The van der Waals surface area contributed by atoms with Gasteiger partial charge < -0.3 is 0 Å². The van der Waals surface area contributed by atoms with Crippen molar-refractivity contribution in [1.82, 2.24) is 0 Å². The number of aromatic carboxylic acids is 1. The first-order chi connectivity index (χ1) is 12.9. The van der Waals surface area contributed by atoms with E-state index in [0.717, 1.165) is 20.2 Å². The zero-order valence-corrected chi connectivity index (χ0v) is 19.5. The van der Waals surface area contributed by atoms with Crippen LogP contribution in [0.15, 0.2) is 36.4 Å². The Hall–Kier alpha value is -1.81. The van der Waals surface area contributed by atoms with E-state index in [2.05, 4.69) is 53.7 Å². The van der Waals surface area contributed by atoms with Gasteiger partial charge in [0.25, 0.3) is 0 Å². The van der Waals surface area contributed by atoms with E-state index in [0.29, 0.717) is 5.56 Å². The predicted octanol–water partition coefficient (Wildman–Crippen LogP) is 3.62. The molecule has 0 amide bonds. The standard InChI is InChI=1S/C23H30O4Se/c1-22(2,3)16-12-18(23(4,5)6)20(27-14-26-7)19(13-16)28-17-10-8-15(9-11-17)21(24)25/h8-13H,14H2,1-7H3,(H,24,25). The van der Waals surface area contributed by atoms with Gasteiger partial charge in [0.05, 0.1) is 0 Å². The van der Waals surface area contributed by atoms with Gasteiger partial charge in [0, 0.05) is 0 Å². The summed E-state index contributed by atoms with van der Waals surface area (Å²) in [7, 11) is 1.62. The van der Waals surface area contributed by atoms with E-state index in [1.165, 1.54) is 5.56 Å². The molecule has 5 heteroatoms. The molecular formula is C23H30O4Se. The van der Waals surface area contributed by atoms with Gasteiger partial charge in [0.1, 0.15) is 0 Å². The van der Waals surface area contributed by atoms with Crippen molar-refractivity contribution in [1.29, 1.82) is 0 Å². The summed E-state index contributed by atoms with van der Waals surface area (Å²) >= 11 is -0.0264. The van der Waals surface area contributed by atoms with E-state index in [9.17, 15) is 4.79 Å². The van der Waals surface area contributed by atoms with Crippen molar-refractivity contribution in [3.05, 3.63) is 53.1 Å². The fraction of sp³-hybridized carbons (Fsp3) is 0.435. The van der Waals surface area contributed by atoms with Crippen molar-refractivity contribution in [2.45, 2.75) is 52.4 Å². The second-order valence-electron chi connectivity index (χ2n) is 8.83. The van der Waals surface area contributed by atoms with Gasteiger partial charge >= 0.3 is 174 Å². The van der Waals surface area contributed by atoms with Crippen LogP contribution in [0.5, 0.6) is 5.75 Å². The van der Waals surface area contributed by atoms with Crippen LogP contribution in [0.4, 0.5) is 0 Å². The van der Waals surface area contributed by atoms with Gasteiger partial charge in [0.2, 0.25) is 0 Å². The van der Waals surface area contributed by atoms with Crippen molar-refractivity contribution >= 4 is 29.8 Å². The summed E-state index contributed by atoms with van der Waals surface area (Å²) in [6.45, 7) is 13.4. The van der Waals surface area contributed by atoms with Gasteiger partial charge in [-0.25, -0.2) is 0 Å². The van der Waals surface area contributed by atoms with Gasteiger partial charge in [0.15, 0.2) is 0 Å². The molecule has 0 fully saturated rings. The first-order valence-corrected chi connectivity index (χ1v) is 11.0. The molecule has 0 saturated carbocycles. The number of hydrogen-bond donors (Lipinski definition) is 1. The summed E-state index contributed by atoms with van der Waals surface area (Å²) in [5.41, 5.74) is 2.66. The molecule has 2 aromatic carbocycles. The molecule has 2 rings (SSSR count). The van der Waals surface area contributed by atoms with Crippen LogP contribution in [0, 0.1) is 0 Å². The number of carboxylic acid groups (broad SMARTS) is 1. The molecule has 0 saturated heterocycles. The fourth-order valence-electron chi connectivity index (χ4n) is 2.73.